The molecule has 1 aromatic carbocycles. The summed E-state index contributed by atoms with van der Waals surface area (Å²) in [6.07, 6.45) is 0.360. The van der Waals surface area contributed by atoms with Crippen molar-refractivity contribution in [3.05, 3.63) is 29.8 Å². The maximum absolute atomic E-state index is 11.5. The second kappa shape index (κ2) is 9.34. The van der Waals surface area contributed by atoms with E-state index in [1.807, 2.05) is 31.2 Å². The van der Waals surface area contributed by atoms with Gasteiger partial charge in [-0.05, 0) is 25.0 Å². The van der Waals surface area contributed by atoms with Gasteiger partial charge in [0.2, 0.25) is 5.91 Å². The van der Waals surface area contributed by atoms with Gasteiger partial charge in [-0.15, -0.1) is 0 Å². The molecule has 20 heavy (non-hydrogen) atoms. The second-order valence-corrected chi connectivity index (χ2v) is 4.63. The molecule has 1 aromatic rings. The summed E-state index contributed by atoms with van der Waals surface area (Å²) in [6.45, 7) is 2.92. The fourth-order valence-electron chi connectivity index (χ4n) is 1.70. The van der Waals surface area contributed by atoms with Crippen LogP contribution in [-0.4, -0.2) is 44.0 Å². The Morgan fingerprint density at radius 2 is 2.15 bits per heavy atom. The number of ether oxygens (including phenoxy) is 2. The van der Waals surface area contributed by atoms with Crippen molar-refractivity contribution in [2.24, 2.45) is 0 Å². The molecule has 2 N–H and O–H groups in total. The lowest BCUT2D eigenvalue weighted by molar-refractivity contribution is -0.121. The van der Waals surface area contributed by atoms with Gasteiger partial charge in [0.15, 0.2) is 0 Å². The van der Waals surface area contributed by atoms with Gasteiger partial charge in [-0.3, -0.25) is 4.79 Å². The van der Waals surface area contributed by atoms with Crippen molar-refractivity contribution in [3.8, 4) is 5.75 Å². The topological polar surface area (TPSA) is 67.8 Å². The van der Waals surface area contributed by atoms with E-state index in [4.69, 9.17) is 9.47 Å². The van der Waals surface area contributed by atoms with Crippen LogP contribution in [0, 0.1) is 6.92 Å². The van der Waals surface area contributed by atoms with Crippen LogP contribution in [0.2, 0.25) is 0 Å². The number of carbonyl (C=O) groups excluding carboxylic acids is 1. The molecule has 1 rings (SSSR count). The van der Waals surface area contributed by atoms with Gasteiger partial charge in [-0.2, -0.15) is 0 Å². The summed E-state index contributed by atoms with van der Waals surface area (Å²) in [5.74, 6) is 0.761. The molecule has 0 aromatic heterocycles. The third kappa shape index (κ3) is 6.54. The second-order valence-electron chi connectivity index (χ2n) is 4.63. The molecule has 0 saturated carbocycles. The number of aliphatic hydroxyl groups is 1. The van der Waals surface area contributed by atoms with Gasteiger partial charge in [0, 0.05) is 20.1 Å². The van der Waals surface area contributed by atoms with Gasteiger partial charge >= 0.3 is 0 Å². The number of methoxy groups -OCH3 is 1. The number of rotatable bonds is 9. The monoisotopic (exact) mass is 281 g/mol. The molecule has 0 radical (unpaired) electrons. The zero-order chi connectivity index (χ0) is 14.8. The first kappa shape index (κ1) is 16.5. The molecule has 0 bridgehead atoms. The highest BCUT2D eigenvalue weighted by molar-refractivity contribution is 5.75. The molecule has 0 spiro atoms. The van der Waals surface area contributed by atoms with Crippen molar-refractivity contribution >= 4 is 5.91 Å². The number of para-hydroxylation sites is 1. The summed E-state index contributed by atoms with van der Waals surface area (Å²) >= 11 is 0. The van der Waals surface area contributed by atoms with Gasteiger partial charge in [0.1, 0.15) is 5.75 Å². The molecule has 0 heterocycles. The van der Waals surface area contributed by atoms with Crippen molar-refractivity contribution in [1.29, 1.82) is 0 Å². The van der Waals surface area contributed by atoms with Crippen LogP contribution in [-0.2, 0) is 9.53 Å². The number of hydrogen-bond acceptors (Lipinski definition) is 4. The normalized spacial score (nSPS) is 11.9. The number of amides is 1. The molecule has 1 atom stereocenters. The number of hydrogen-bond donors (Lipinski definition) is 2. The summed E-state index contributed by atoms with van der Waals surface area (Å²) in [6, 6.07) is 7.78. The van der Waals surface area contributed by atoms with Crippen molar-refractivity contribution in [2.45, 2.75) is 25.9 Å². The molecule has 0 aliphatic rings. The first-order valence-electron chi connectivity index (χ1n) is 6.75. The molecule has 5 heteroatoms. The Balaban J connectivity index is 2.12. The number of benzene rings is 1. The van der Waals surface area contributed by atoms with Gasteiger partial charge in [-0.25, -0.2) is 0 Å². The predicted octanol–water partition coefficient (Wildman–Crippen LogP) is 1.28. The number of carbonyl (C=O) groups is 1. The van der Waals surface area contributed by atoms with Gasteiger partial charge in [0.25, 0.3) is 0 Å². The van der Waals surface area contributed by atoms with Gasteiger partial charge in [-0.1, -0.05) is 18.2 Å². The van der Waals surface area contributed by atoms with Crippen LogP contribution in [0.4, 0.5) is 0 Å². The molecule has 0 aliphatic heterocycles. The minimum atomic E-state index is -0.660. The third-order valence-electron chi connectivity index (χ3n) is 2.79. The highest BCUT2D eigenvalue weighted by Gasteiger charge is 2.06. The van der Waals surface area contributed by atoms with E-state index in [0.29, 0.717) is 19.4 Å². The molecule has 0 saturated heterocycles. The molecule has 1 amide bonds. The fourth-order valence-corrected chi connectivity index (χ4v) is 1.70. The zero-order valence-electron chi connectivity index (χ0n) is 12.1. The first-order chi connectivity index (χ1) is 9.63. The largest absolute Gasteiger partial charge is 0.493 e. The van der Waals surface area contributed by atoms with Crippen LogP contribution in [0.3, 0.4) is 0 Å². The van der Waals surface area contributed by atoms with E-state index in [0.717, 1.165) is 11.3 Å². The van der Waals surface area contributed by atoms with Crippen LogP contribution in [0.25, 0.3) is 0 Å². The Kier molecular flexibility index (Phi) is 7.69. The lowest BCUT2D eigenvalue weighted by Crippen LogP contribution is -2.34. The van der Waals surface area contributed by atoms with Gasteiger partial charge < -0.3 is 19.9 Å². The Morgan fingerprint density at radius 3 is 2.85 bits per heavy atom. The quantitative estimate of drug-likeness (QED) is 0.669. The summed E-state index contributed by atoms with van der Waals surface area (Å²) in [7, 11) is 1.51. The smallest absolute Gasteiger partial charge is 0.220 e. The Labute approximate surface area is 119 Å². The number of aryl methyl sites for hydroxylation is 1. The van der Waals surface area contributed by atoms with E-state index in [2.05, 4.69) is 5.32 Å². The highest BCUT2D eigenvalue weighted by Crippen LogP contribution is 2.16. The van der Waals surface area contributed by atoms with E-state index in [1.54, 1.807) is 0 Å². The molecular weight excluding hydrogens is 258 g/mol. The zero-order valence-corrected chi connectivity index (χ0v) is 12.1. The molecule has 0 fully saturated rings. The SMILES string of the molecule is COCC(O)CNC(=O)CCCOc1ccccc1C. The average molecular weight is 281 g/mol. The standard InChI is InChI=1S/C15H23NO4/c1-12-6-3-4-7-14(12)20-9-5-8-15(18)16-10-13(17)11-19-2/h3-4,6-7,13,17H,5,8-11H2,1-2H3,(H,16,18). The highest BCUT2D eigenvalue weighted by atomic mass is 16.5. The summed E-state index contributed by atoms with van der Waals surface area (Å²) in [4.78, 5) is 11.5. The fraction of sp³-hybridized carbons (Fsp3) is 0.533. The van der Waals surface area contributed by atoms with Crippen molar-refractivity contribution in [3.63, 3.8) is 0 Å². The molecule has 0 aliphatic carbocycles. The van der Waals surface area contributed by atoms with Crippen LogP contribution in [0.15, 0.2) is 24.3 Å². The van der Waals surface area contributed by atoms with E-state index >= 15 is 0 Å². The average Bonchev–Trinajstić information content (AvgIpc) is 2.43. The van der Waals surface area contributed by atoms with Crippen molar-refractivity contribution < 1.29 is 19.4 Å². The first-order valence-corrected chi connectivity index (χ1v) is 6.75. The van der Waals surface area contributed by atoms with E-state index < -0.39 is 6.10 Å². The van der Waals surface area contributed by atoms with Crippen LogP contribution < -0.4 is 10.1 Å². The third-order valence-corrected chi connectivity index (χ3v) is 2.79. The molecule has 1 unspecified atom stereocenters. The maximum atomic E-state index is 11.5. The number of nitrogens with one attached hydrogen (secondary N) is 1. The summed E-state index contributed by atoms with van der Waals surface area (Å²) in [5.41, 5.74) is 1.08. The van der Waals surface area contributed by atoms with Crippen molar-refractivity contribution in [1.82, 2.24) is 5.32 Å². The molecular formula is C15H23NO4. The lowest BCUT2D eigenvalue weighted by atomic mass is 10.2. The van der Waals surface area contributed by atoms with E-state index in [-0.39, 0.29) is 19.1 Å². The van der Waals surface area contributed by atoms with Crippen LogP contribution >= 0.6 is 0 Å². The Morgan fingerprint density at radius 1 is 1.40 bits per heavy atom. The molecule has 112 valence electrons. The van der Waals surface area contributed by atoms with E-state index in [1.165, 1.54) is 7.11 Å². The summed E-state index contributed by atoms with van der Waals surface area (Å²) in [5, 5.41) is 12.0. The summed E-state index contributed by atoms with van der Waals surface area (Å²) < 4.78 is 10.4. The predicted molar refractivity (Wildman–Crippen MR) is 76.8 cm³/mol. The lowest BCUT2D eigenvalue weighted by Gasteiger charge is -2.11. The number of aliphatic hydroxyl groups excluding tert-OH is 1. The van der Waals surface area contributed by atoms with Crippen LogP contribution in [0.5, 0.6) is 5.75 Å². The Bertz CT molecular complexity index is 409. The van der Waals surface area contributed by atoms with Crippen molar-refractivity contribution in [2.75, 3.05) is 26.9 Å². The molecule has 5 nitrogen and oxygen atoms in total. The maximum Gasteiger partial charge on any atom is 0.220 e. The van der Waals surface area contributed by atoms with E-state index in [9.17, 15) is 9.90 Å². The minimum absolute atomic E-state index is 0.0893. The minimum Gasteiger partial charge on any atom is -0.493 e. The Hall–Kier alpha value is -1.59. The van der Waals surface area contributed by atoms with Crippen LogP contribution in [0.1, 0.15) is 18.4 Å². The van der Waals surface area contributed by atoms with Gasteiger partial charge in [0.05, 0.1) is 19.3 Å².